The predicted molar refractivity (Wildman–Crippen MR) is 90.3 cm³/mol. The van der Waals surface area contributed by atoms with Crippen LogP contribution in [0, 0.1) is 17.1 Å². The summed E-state index contributed by atoms with van der Waals surface area (Å²) in [6.45, 7) is 0. The molecule has 1 heterocycles. The molecule has 0 fully saturated rings. The monoisotopic (exact) mass is 339 g/mol. The quantitative estimate of drug-likeness (QED) is 0.769. The minimum atomic E-state index is -0.451. The molecule has 0 aliphatic heterocycles. The van der Waals surface area contributed by atoms with E-state index in [1.165, 1.54) is 19.2 Å². The molecule has 4 nitrogen and oxygen atoms in total. The minimum Gasteiger partial charge on any atom is -0.355 e. The number of carbonyl (C=O) groups excluding carboxylic acids is 1. The standard InChI is InChI=1S/C18H11ClFN3O/c1-22-18(24)10-5-6-14(19)12(7-10)17-11(9-21)8-13-15(20)3-2-4-16(13)23-17/h2-8H,1H3,(H,22,24). The average Bonchev–Trinajstić information content (AvgIpc) is 2.61. The third-order valence-electron chi connectivity index (χ3n) is 3.64. The third-order valence-corrected chi connectivity index (χ3v) is 3.97. The summed E-state index contributed by atoms with van der Waals surface area (Å²) >= 11 is 6.23. The first-order valence-electron chi connectivity index (χ1n) is 7.06. The van der Waals surface area contributed by atoms with Crippen molar-refractivity contribution in [3.8, 4) is 17.3 Å². The first-order chi connectivity index (χ1) is 11.5. The summed E-state index contributed by atoms with van der Waals surface area (Å²) in [7, 11) is 1.52. The number of aromatic nitrogens is 1. The number of hydrogen-bond donors (Lipinski definition) is 1. The van der Waals surface area contributed by atoms with Crippen molar-refractivity contribution in [2.24, 2.45) is 0 Å². The second-order valence-corrected chi connectivity index (χ2v) is 5.48. The van der Waals surface area contributed by atoms with Gasteiger partial charge in [0, 0.05) is 23.6 Å². The Bertz CT molecular complexity index is 1010. The van der Waals surface area contributed by atoms with Gasteiger partial charge in [-0.25, -0.2) is 9.37 Å². The zero-order valence-corrected chi connectivity index (χ0v) is 13.4. The number of nitrogens with zero attached hydrogens (tertiary/aromatic N) is 2. The molecule has 1 aromatic heterocycles. The normalized spacial score (nSPS) is 10.4. The lowest BCUT2D eigenvalue weighted by Crippen LogP contribution is -2.17. The van der Waals surface area contributed by atoms with Crippen molar-refractivity contribution in [3.63, 3.8) is 0 Å². The Balaban J connectivity index is 2.30. The van der Waals surface area contributed by atoms with Crippen LogP contribution in [0.25, 0.3) is 22.2 Å². The Hall–Kier alpha value is -2.97. The number of amides is 1. The van der Waals surface area contributed by atoms with E-state index in [1.807, 2.05) is 6.07 Å². The van der Waals surface area contributed by atoms with E-state index in [0.29, 0.717) is 27.4 Å². The molecule has 0 spiro atoms. The number of benzene rings is 2. The van der Waals surface area contributed by atoms with Gasteiger partial charge in [0.25, 0.3) is 5.91 Å². The number of halogens is 2. The third kappa shape index (κ3) is 2.68. The molecule has 0 aliphatic rings. The van der Waals surface area contributed by atoms with Gasteiger partial charge in [0.2, 0.25) is 0 Å². The molecular formula is C18H11ClFN3O. The molecular weight excluding hydrogens is 329 g/mol. The fraction of sp³-hybridized carbons (Fsp3) is 0.0556. The number of fused-ring (bicyclic) bond motifs is 1. The maximum Gasteiger partial charge on any atom is 0.251 e. The van der Waals surface area contributed by atoms with Gasteiger partial charge in [-0.05, 0) is 36.4 Å². The van der Waals surface area contributed by atoms with Gasteiger partial charge in [0.1, 0.15) is 11.9 Å². The van der Waals surface area contributed by atoms with Crippen molar-refractivity contribution >= 4 is 28.4 Å². The van der Waals surface area contributed by atoms with Gasteiger partial charge in [-0.15, -0.1) is 0 Å². The van der Waals surface area contributed by atoms with Crippen LogP contribution >= 0.6 is 11.6 Å². The summed E-state index contributed by atoms with van der Waals surface area (Å²) in [6, 6.07) is 12.7. The van der Waals surface area contributed by atoms with Crippen LogP contribution in [0.3, 0.4) is 0 Å². The predicted octanol–water partition coefficient (Wildman–Crippen LogP) is 3.93. The second-order valence-electron chi connectivity index (χ2n) is 5.08. The molecule has 24 heavy (non-hydrogen) atoms. The van der Waals surface area contributed by atoms with Crippen LogP contribution in [0.4, 0.5) is 4.39 Å². The van der Waals surface area contributed by atoms with Gasteiger partial charge in [-0.1, -0.05) is 17.7 Å². The Morgan fingerprint density at radius 3 is 2.79 bits per heavy atom. The number of hydrogen-bond acceptors (Lipinski definition) is 3. The van der Waals surface area contributed by atoms with Gasteiger partial charge < -0.3 is 5.32 Å². The van der Waals surface area contributed by atoms with Crippen molar-refractivity contribution in [2.75, 3.05) is 7.05 Å². The molecule has 3 rings (SSSR count). The summed E-state index contributed by atoms with van der Waals surface area (Å²) in [5.74, 6) is -0.730. The first-order valence-corrected chi connectivity index (χ1v) is 7.44. The van der Waals surface area contributed by atoms with E-state index in [9.17, 15) is 14.4 Å². The highest BCUT2D eigenvalue weighted by Gasteiger charge is 2.16. The molecule has 1 N–H and O–H groups in total. The van der Waals surface area contributed by atoms with E-state index >= 15 is 0 Å². The first kappa shape index (κ1) is 15.9. The van der Waals surface area contributed by atoms with Crippen LogP contribution in [0.5, 0.6) is 0 Å². The molecule has 6 heteroatoms. The summed E-state index contributed by atoms with van der Waals surface area (Å²) in [5, 5.41) is 12.5. The molecule has 0 aliphatic carbocycles. The van der Waals surface area contributed by atoms with Gasteiger partial charge in [-0.2, -0.15) is 5.26 Å². The number of nitrogens with one attached hydrogen (secondary N) is 1. The Labute approximate surface area is 142 Å². The van der Waals surface area contributed by atoms with Gasteiger partial charge >= 0.3 is 0 Å². The minimum absolute atomic E-state index is 0.184. The van der Waals surface area contributed by atoms with E-state index in [4.69, 9.17) is 11.6 Å². The molecule has 0 radical (unpaired) electrons. The van der Waals surface area contributed by atoms with Crippen molar-refractivity contribution in [1.29, 1.82) is 5.26 Å². The Morgan fingerprint density at radius 1 is 1.29 bits per heavy atom. The zero-order chi connectivity index (χ0) is 17.3. The summed E-state index contributed by atoms with van der Waals surface area (Å²) in [6.07, 6.45) is 0. The van der Waals surface area contributed by atoms with Crippen molar-refractivity contribution in [3.05, 3.63) is 64.4 Å². The van der Waals surface area contributed by atoms with Gasteiger partial charge in [0.05, 0.1) is 21.8 Å². The molecule has 0 atom stereocenters. The van der Waals surface area contributed by atoms with E-state index in [-0.39, 0.29) is 16.9 Å². The van der Waals surface area contributed by atoms with Crippen LogP contribution in [-0.4, -0.2) is 17.9 Å². The maximum atomic E-state index is 13.9. The van der Waals surface area contributed by atoms with E-state index < -0.39 is 5.82 Å². The lowest BCUT2D eigenvalue weighted by Gasteiger charge is -2.10. The van der Waals surface area contributed by atoms with Crippen LogP contribution in [0.15, 0.2) is 42.5 Å². The fourth-order valence-electron chi connectivity index (χ4n) is 2.44. The highest BCUT2D eigenvalue weighted by molar-refractivity contribution is 6.33. The molecule has 0 bridgehead atoms. The molecule has 118 valence electrons. The van der Waals surface area contributed by atoms with Crippen molar-refractivity contribution < 1.29 is 9.18 Å². The van der Waals surface area contributed by atoms with Crippen LogP contribution in [0.2, 0.25) is 5.02 Å². The lowest BCUT2D eigenvalue weighted by molar-refractivity contribution is 0.0963. The van der Waals surface area contributed by atoms with Gasteiger partial charge in [-0.3, -0.25) is 4.79 Å². The topological polar surface area (TPSA) is 65.8 Å². The molecule has 0 saturated heterocycles. The Morgan fingerprint density at radius 2 is 2.08 bits per heavy atom. The number of rotatable bonds is 2. The summed E-state index contributed by atoms with van der Waals surface area (Å²) in [5.41, 5.74) is 1.74. The summed E-state index contributed by atoms with van der Waals surface area (Å²) in [4.78, 5) is 16.2. The maximum absolute atomic E-state index is 13.9. The molecule has 1 amide bonds. The van der Waals surface area contributed by atoms with Crippen LogP contribution in [-0.2, 0) is 0 Å². The highest BCUT2D eigenvalue weighted by atomic mass is 35.5. The largest absolute Gasteiger partial charge is 0.355 e. The number of pyridine rings is 1. The fourth-order valence-corrected chi connectivity index (χ4v) is 2.65. The molecule has 0 saturated carbocycles. The lowest BCUT2D eigenvalue weighted by atomic mass is 10.0. The number of nitriles is 1. The van der Waals surface area contributed by atoms with Crippen LogP contribution < -0.4 is 5.32 Å². The van der Waals surface area contributed by atoms with Crippen molar-refractivity contribution in [1.82, 2.24) is 10.3 Å². The second kappa shape index (κ2) is 6.26. The molecule has 2 aromatic carbocycles. The zero-order valence-electron chi connectivity index (χ0n) is 12.6. The van der Waals surface area contributed by atoms with Gasteiger partial charge in [0.15, 0.2) is 0 Å². The Kier molecular flexibility index (Phi) is 4.15. The molecule has 3 aromatic rings. The molecule has 0 unspecified atom stereocenters. The van der Waals surface area contributed by atoms with E-state index in [1.54, 1.807) is 30.3 Å². The average molecular weight is 340 g/mol. The van der Waals surface area contributed by atoms with Crippen molar-refractivity contribution in [2.45, 2.75) is 0 Å². The van der Waals surface area contributed by atoms with E-state index in [0.717, 1.165) is 0 Å². The smallest absolute Gasteiger partial charge is 0.251 e. The summed E-state index contributed by atoms with van der Waals surface area (Å²) < 4.78 is 13.9. The SMILES string of the molecule is CNC(=O)c1ccc(Cl)c(-c2nc3cccc(F)c3cc2C#N)c1. The van der Waals surface area contributed by atoms with E-state index in [2.05, 4.69) is 10.3 Å². The van der Waals surface area contributed by atoms with Crippen LogP contribution in [0.1, 0.15) is 15.9 Å². The highest BCUT2D eigenvalue weighted by Crippen LogP contribution is 2.32. The number of carbonyl (C=O) groups is 1.